The molecule has 1 aliphatic carbocycles. The molecule has 5 heteroatoms. The normalized spacial score (nSPS) is 22.5. The van der Waals surface area contributed by atoms with Crippen molar-refractivity contribution in [3.8, 4) is 0 Å². The van der Waals surface area contributed by atoms with E-state index in [9.17, 15) is 4.79 Å². The number of nitrogens with one attached hydrogen (secondary N) is 2. The van der Waals surface area contributed by atoms with Gasteiger partial charge in [0.15, 0.2) is 0 Å². The number of nitrogens with zero attached hydrogens (tertiary/aromatic N) is 1. The Morgan fingerprint density at radius 1 is 1.07 bits per heavy atom. The van der Waals surface area contributed by atoms with Gasteiger partial charge < -0.3 is 15.4 Å². The van der Waals surface area contributed by atoms with Crippen LogP contribution in [0.15, 0.2) is 60.7 Å². The molecule has 29 heavy (non-hydrogen) atoms. The van der Waals surface area contributed by atoms with Crippen LogP contribution in [0.1, 0.15) is 40.5 Å². The molecule has 1 aliphatic heterocycles. The molecule has 1 fully saturated rings. The van der Waals surface area contributed by atoms with Crippen molar-refractivity contribution < 1.29 is 9.53 Å². The number of benzene rings is 2. The molecule has 2 atom stereocenters. The topological polar surface area (TPSA) is 63.2 Å². The highest BCUT2D eigenvalue weighted by atomic mass is 16.5. The number of hydrogen-bond acceptors (Lipinski definition) is 4. The van der Waals surface area contributed by atoms with Crippen molar-refractivity contribution in [2.75, 3.05) is 20.2 Å². The lowest BCUT2D eigenvalue weighted by Gasteiger charge is -2.40. The number of amides is 1. The molecule has 0 bridgehead atoms. The van der Waals surface area contributed by atoms with Crippen LogP contribution < -0.4 is 10.6 Å². The summed E-state index contributed by atoms with van der Waals surface area (Å²) in [5, 5.41) is 7.73. The number of ether oxygens (including phenoxy) is 1. The van der Waals surface area contributed by atoms with Gasteiger partial charge in [0.05, 0.1) is 17.7 Å². The van der Waals surface area contributed by atoms with E-state index in [1.807, 2.05) is 36.4 Å². The number of aromatic nitrogens is 1. The highest BCUT2D eigenvalue weighted by molar-refractivity contribution is 5.95. The van der Waals surface area contributed by atoms with E-state index in [2.05, 4.69) is 33.8 Å². The van der Waals surface area contributed by atoms with Gasteiger partial charge in [0.2, 0.25) is 0 Å². The van der Waals surface area contributed by atoms with Crippen LogP contribution in [0.5, 0.6) is 0 Å². The summed E-state index contributed by atoms with van der Waals surface area (Å²) in [7, 11) is 1.76. The second-order valence-electron chi connectivity index (χ2n) is 7.99. The van der Waals surface area contributed by atoms with E-state index in [0.717, 1.165) is 42.4 Å². The Balaban J connectivity index is 1.50. The number of pyridine rings is 1. The Kier molecular flexibility index (Phi) is 4.57. The Hall–Kier alpha value is -2.76. The Labute approximate surface area is 170 Å². The van der Waals surface area contributed by atoms with Crippen LogP contribution >= 0.6 is 0 Å². The molecule has 0 saturated carbocycles. The number of rotatable bonds is 3. The Morgan fingerprint density at radius 3 is 2.66 bits per heavy atom. The van der Waals surface area contributed by atoms with Crippen molar-refractivity contribution >= 4 is 16.8 Å². The predicted octanol–water partition coefficient (Wildman–Crippen LogP) is 3.36. The third-order valence-electron chi connectivity index (χ3n) is 6.55. The number of hydrogen-bond donors (Lipinski definition) is 2. The van der Waals surface area contributed by atoms with Crippen LogP contribution in [0.3, 0.4) is 0 Å². The van der Waals surface area contributed by atoms with E-state index in [-0.39, 0.29) is 23.5 Å². The van der Waals surface area contributed by atoms with Crippen LogP contribution in [-0.4, -0.2) is 37.2 Å². The van der Waals surface area contributed by atoms with Crippen LogP contribution in [0.25, 0.3) is 10.9 Å². The zero-order chi connectivity index (χ0) is 19.8. The fraction of sp³-hybridized carbons (Fsp3) is 0.333. The maximum absolute atomic E-state index is 13.1. The number of carbonyl (C=O) groups excluding carboxylic acids is 1. The molecule has 2 heterocycles. The number of methoxy groups -OCH3 is 1. The minimum absolute atomic E-state index is 0.0641. The van der Waals surface area contributed by atoms with E-state index in [1.54, 1.807) is 13.2 Å². The fourth-order valence-electron chi connectivity index (χ4n) is 5.21. The summed E-state index contributed by atoms with van der Waals surface area (Å²) in [5.74, 6) is -0.163. The molecule has 148 valence electrons. The smallest absolute Gasteiger partial charge is 0.270 e. The summed E-state index contributed by atoms with van der Waals surface area (Å²) in [6.07, 6.45) is 1.91. The molecule has 2 unspecified atom stereocenters. The van der Waals surface area contributed by atoms with Crippen molar-refractivity contribution in [3.05, 3.63) is 77.5 Å². The van der Waals surface area contributed by atoms with Crippen LogP contribution in [0.2, 0.25) is 0 Å². The number of piperidine rings is 1. The molecule has 1 saturated heterocycles. The van der Waals surface area contributed by atoms with Gasteiger partial charge in [0.25, 0.3) is 5.91 Å². The first-order valence-corrected chi connectivity index (χ1v) is 10.2. The predicted molar refractivity (Wildman–Crippen MR) is 113 cm³/mol. The maximum atomic E-state index is 13.1. The molecule has 1 spiro atoms. The first kappa shape index (κ1) is 18.3. The quantitative estimate of drug-likeness (QED) is 0.723. The lowest BCUT2D eigenvalue weighted by atomic mass is 9.72. The number of fused-ring (bicyclic) bond motifs is 3. The standard InChI is InChI=1S/C24H25N3O2/c1-29-22-21(17-7-3-4-8-18(17)24(22)12-14-25-15-13-24)27-23(28)20-11-10-16-6-2-5-9-19(16)26-20/h2-11,21-22,25H,12-15H2,1H3,(H,27,28). The largest absolute Gasteiger partial charge is 0.378 e. The SMILES string of the molecule is COC1C(NC(=O)c2ccc3ccccc3n2)c2ccccc2C12CCNCC2. The first-order valence-electron chi connectivity index (χ1n) is 10.2. The van der Waals surface area contributed by atoms with Crippen LogP contribution in [-0.2, 0) is 10.2 Å². The summed E-state index contributed by atoms with van der Waals surface area (Å²) in [4.78, 5) is 17.7. The van der Waals surface area contributed by atoms with Gasteiger partial charge in [-0.1, -0.05) is 48.5 Å². The van der Waals surface area contributed by atoms with Gasteiger partial charge in [-0.25, -0.2) is 4.98 Å². The molecule has 1 amide bonds. The van der Waals surface area contributed by atoms with Crippen molar-refractivity contribution in [2.45, 2.75) is 30.4 Å². The van der Waals surface area contributed by atoms with E-state index < -0.39 is 0 Å². The molecule has 5 nitrogen and oxygen atoms in total. The highest BCUT2D eigenvalue weighted by Gasteiger charge is 2.53. The van der Waals surface area contributed by atoms with Crippen LogP contribution in [0, 0.1) is 0 Å². The van der Waals surface area contributed by atoms with Gasteiger partial charge >= 0.3 is 0 Å². The minimum atomic E-state index is -0.185. The zero-order valence-corrected chi connectivity index (χ0v) is 16.5. The van der Waals surface area contributed by atoms with Crippen molar-refractivity contribution in [3.63, 3.8) is 0 Å². The molecule has 5 rings (SSSR count). The summed E-state index contributed by atoms with van der Waals surface area (Å²) >= 11 is 0. The summed E-state index contributed by atoms with van der Waals surface area (Å²) in [6, 6.07) is 19.8. The van der Waals surface area contributed by atoms with Gasteiger partial charge in [-0.2, -0.15) is 0 Å². The second kappa shape index (κ2) is 7.25. The molecular formula is C24H25N3O2. The molecule has 2 aromatic carbocycles. The summed E-state index contributed by atoms with van der Waals surface area (Å²) < 4.78 is 6.04. The third-order valence-corrected chi connectivity index (χ3v) is 6.55. The van der Waals surface area contributed by atoms with E-state index in [1.165, 1.54) is 5.56 Å². The summed E-state index contributed by atoms with van der Waals surface area (Å²) in [6.45, 7) is 1.92. The molecule has 1 aromatic heterocycles. The highest BCUT2D eigenvalue weighted by Crippen LogP contribution is 2.51. The average molecular weight is 387 g/mol. The van der Waals surface area contributed by atoms with Gasteiger partial charge in [-0.3, -0.25) is 4.79 Å². The first-order chi connectivity index (χ1) is 14.2. The second-order valence-corrected chi connectivity index (χ2v) is 7.99. The third kappa shape index (κ3) is 2.93. The fourth-order valence-corrected chi connectivity index (χ4v) is 5.21. The van der Waals surface area contributed by atoms with E-state index >= 15 is 0 Å². The lowest BCUT2D eigenvalue weighted by Crippen LogP contribution is -2.49. The van der Waals surface area contributed by atoms with Crippen molar-refractivity contribution in [1.29, 1.82) is 0 Å². The summed E-state index contributed by atoms with van der Waals surface area (Å²) in [5.41, 5.74) is 3.67. The van der Waals surface area contributed by atoms with Gasteiger partial charge in [-0.05, 0) is 49.2 Å². The van der Waals surface area contributed by atoms with E-state index in [4.69, 9.17) is 4.74 Å². The number of carbonyl (C=O) groups is 1. The van der Waals surface area contributed by atoms with Gasteiger partial charge in [0.1, 0.15) is 5.69 Å². The van der Waals surface area contributed by atoms with Crippen molar-refractivity contribution in [1.82, 2.24) is 15.6 Å². The number of para-hydroxylation sites is 1. The monoisotopic (exact) mass is 387 g/mol. The molecule has 0 radical (unpaired) electrons. The molecular weight excluding hydrogens is 362 g/mol. The van der Waals surface area contributed by atoms with E-state index in [0.29, 0.717) is 5.69 Å². The molecule has 2 aliphatic rings. The van der Waals surface area contributed by atoms with Crippen molar-refractivity contribution in [2.24, 2.45) is 0 Å². The molecule has 2 N–H and O–H groups in total. The lowest BCUT2D eigenvalue weighted by molar-refractivity contribution is 0.00392. The average Bonchev–Trinajstić information content (AvgIpc) is 3.02. The Morgan fingerprint density at radius 2 is 1.83 bits per heavy atom. The van der Waals surface area contributed by atoms with Gasteiger partial charge in [-0.15, -0.1) is 0 Å². The van der Waals surface area contributed by atoms with Gasteiger partial charge in [0, 0.05) is 17.9 Å². The zero-order valence-electron chi connectivity index (χ0n) is 16.5. The Bertz CT molecular complexity index is 1060. The van der Waals surface area contributed by atoms with Crippen LogP contribution in [0.4, 0.5) is 0 Å². The molecule has 3 aromatic rings. The minimum Gasteiger partial charge on any atom is -0.378 e. The maximum Gasteiger partial charge on any atom is 0.270 e.